The molecule has 1 spiro atoms. The summed E-state index contributed by atoms with van der Waals surface area (Å²) in [6, 6.07) is 12.0. The van der Waals surface area contributed by atoms with Gasteiger partial charge in [-0.05, 0) is 117 Å². The molecule has 5 aliphatic rings. The van der Waals surface area contributed by atoms with Crippen molar-refractivity contribution in [2.75, 3.05) is 64.1 Å². The Morgan fingerprint density at radius 1 is 1.14 bits per heavy atom. The van der Waals surface area contributed by atoms with Gasteiger partial charge in [0.2, 0.25) is 0 Å². The predicted octanol–water partition coefficient (Wildman–Crippen LogP) is 6.29. The number of benzene rings is 2. The Kier molecular flexibility index (Phi) is 10.4. The third-order valence-electron chi connectivity index (χ3n) is 12.5. The number of aryl methyl sites for hydroxylation is 1. The van der Waals surface area contributed by atoms with Crippen LogP contribution in [0.4, 0.5) is 5.69 Å². The Hall–Kier alpha value is -2.56. The second-order valence-electron chi connectivity index (χ2n) is 15.7. The lowest BCUT2D eigenvalue weighted by molar-refractivity contribution is -0.0937. The van der Waals surface area contributed by atoms with E-state index >= 15 is 0 Å². The molecule has 2 fully saturated rings. The number of carbonyl (C=O) groups excluding carboxylic acids is 1. The number of halogens is 1. The molecule has 7 rings (SSSR count). The van der Waals surface area contributed by atoms with Crippen molar-refractivity contribution in [3.05, 3.63) is 70.3 Å². The molecule has 2 aliphatic carbocycles. The van der Waals surface area contributed by atoms with Crippen LogP contribution in [0.3, 0.4) is 0 Å². The molecule has 0 radical (unpaired) electrons. The molecule has 2 bridgehead atoms. The van der Waals surface area contributed by atoms with E-state index in [1.165, 1.54) is 11.1 Å². The van der Waals surface area contributed by atoms with Crippen LogP contribution in [-0.2, 0) is 31.0 Å². The maximum atomic E-state index is 13.9. The van der Waals surface area contributed by atoms with Gasteiger partial charge in [0.25, 0.3) is 5.91 Å². The van der Waals surface area contributed by atoms with E-state index in [2.05, 4.69) is 58.5 Å². The lowest BCUT2D eigenvalue weighted by Crippen LogP contribution is -2.52. The van der Waals surface area contributed by atoms with Crippen molar-refractivity contribution < 1.29 is 23.2 Å². The molecule has 50 heavy (non-hydrogen) atoms. The second-order valence-corrected chi connectivity index (χ2v) is 18.5. The Bertz CT molecular complexity index is 1710. The third-order valence-corrected chi connectivity index (χ3v) is 14.9. The van der Waals surface area contributed by atoms with Crippen molar-refractivity contribution in [1.82, 2.24) is 9.62 Å². The van der Waals surface area contributed by atoms with E-state index in [4.69, 9.17) is 25.8 Å². The summed E-state index contributed by atoms with van der Waals surface area (Å²) in [4.78, 5) is 18.6. The highest BCUT2D eigenvalue weighted by Crippen LogP contribution is 2.49. The zero-order valence-corrected chi connectivity index (χ0v) is 31.5. The summed E-state index contributed by atoms with van der Waals surface area (Å²) in [5, 5.41) is 0.442. The zero-order chi connectivity index (χ0) is 35.1. The van der Waals surface area contributed by atoms with Crippen molar-refractivity contribution in [2.24, 2.45) is 17.8 Å². The first-order valence-corrected chi connectivity index (χ1v) is 20.7. The predicted molar refractivity (Wildman–Crippen MR) is 203 cm³/mol. The summed E-state index contributed by atoms with van der Waals surface area (Å²) in [5.41, 5.74) is 3.33. The van der Waals surface area contributed by atoms with Gasteiger partial charge in [-0.15, -0.1) is 0 Å². The molecule has 3 aliphatic heterocycles. The van der Waals surface area contributed by atoms with Gasteiger partial charge in [0.1, 0.15) is 5.75 Å². The van der Waals surface area contributed by atoms with Crippen LogP contribution >= 0.6 is 11.6 Å². The molecular weight excluding hydrogens is 670 g/mol. The number of hydrogen-bond acceptors (Lipinski definition) is 7. The quantitative estimate of drug-likeness (QED) is 0.294. The van der Waals surface area contributed by atoms with Crippen LogP contribution in [0.15, 0.2) is 48.6 Å². The molecule has 2 aromatic carbocycles. The van der Waals surface area contributed by atoms with Crippen LogP contribution < -0.4 is 14.4 Å². The van der Waals surface area contributed by atoms with Gasteiger partial charge >= 0.3 is 0 Å². The number of nitrogens with zero attached hydrogens (tertiary/aromatic N) is 2. The SMILES string of the molecule is C=S1(=O)NC(=O)c2ccc3c(c2)N(C[C@@H]2CC[C@H]2[C@](C)(OCCN2CCOCC2)/C=C/C[C@H](C)[C@H]1C)C[C@@]1(CCCc2cc(Cl)ccc21)CO3. The number of morpholine rings is 1. The molecule has 2 aromatic rings. The molecule has 1 amide bonds. The molecule has 1 saturated heterocycles. The highest BCUT2D eigenvalue weighted by Gasteiger charge is 2.47. The van der Waals surface area contributed by atoms with Crippen LogP contribution in [0, 0.1) is 17.8 Å². The molecule has 10 heteroatoms. The van der Waals surface area contributed by atoms with Gasteiger partial charge in [-0.3, -0.25) is 14.4 Å². The normalized spacial score (nSPS) is 35.5. The van der Waals surface area contributed by atoms with Gasteiger partial charge in [0.15, 0.2) is 0 Å². The number of amides is 1. The number of anilines is 1. The average molecular weight is 724 g/mol. The van der Waals surface area contributed by atoms with Crippen molar-refractivity contribution in [3.63, 3.8) is 0 Å². The summed E-state index contributed by atoms with van der Waals surface area (Å²) < 4.78 is 36.0. The number of hydrogen-bond donors (Lipinski definition) is 1. The number of rotatable bonds is 4. The van der Waals surface area contributed by atoms with Crippen LogP contribution in [0.1, 0.15) is 74.4 Å². The first kappa shape index (κ1) is 35.8. The minimum atomic E-state index is -2.94. The Morgan fingerprint density at radius 2 is 1.96 bits per heavy atom. The van der Waals surface area contributed by atoms with Crippen molar-refractivity contribution in [3.8, 4) is 5.75 Å². The van der Waals surface area contributed by atoms with Crippen molar-refractivity contribution >= 4 is 38.8 Å². The van der Waals surface area contributed by atoms with Crippen LogP contribution in [0.2, 0.25) is 5.02 Å². The fourth-order valence-corrected chi connectivity index (χ4v) is 10.6. The Balaban J connectivity index is 1.26. The maximum absolute atomic E-state index is 13.9. The van der Waals surface area contributed by atoms with Gasteiger partial charge in [-0.25, -0.2) is 4.21 Å². The van der Waals surface area contributed by atoms with Gasteiger partial charge < -0.3 is 19.1 Å². The molecule has 1 saturated carbocycles. The zero-order valence-electron chi connectivity index (χ0n) is 30.0. The lowest BCUT2D eigenvalue weighted by Gasteiger charge is -2.50. The highest BCUT2D eigenvalue weighted by molar-refractivity contribution is 7.99. The number of carbonyl (C=O) groups is 1. The molecule has 0 aromatic heterocycles. The molecule has 272 valence electrons. The van der Waals surface area contributed by atoms with Gasteiger partial charge in [0.05, 0.1) is 47.4 Å². The standard InChI is InChI=1S/C40H54ClN3O5S/c1-28-7-5-15-39(3,49-22-19-43-17-20-47-21-18-43)34-12-9-32(34)25-44-26-40(16-6-8-30-23-33(41)11-13-35(30)40)27-48-37-14-10-31(24-36(37)44)38(45)42-50(4,46)29(28)2/h5,10-11,13-15,23-24,28-29,32,34H,4,6-9,12,16-22,25-27H2,1-3H3,(H,42,45,46)/b15-5+/t28-,29+,32-,34+,39+,40-,50?/m0/s1. The Labute approximate surface area is 304 Å². The fourth-order valence-electron chi connectivity index (χ4n) is 8.97. The molecule has 7 atom stereocenters. The molecule has 1 N–H and O–H groups in total. The van der Waals surface area contributed by atoms with Crippen molar-refractivity contribution in [1.29, 1.82) is 0 Å². The van der Waals surface area contributed by atoms with Crippen LogP contribution in [-0.4, -0.2) is 90.9 Å². The molecule has 8 nitrogen and oxygen atoms in total. The highest BCUT2D eigenvalue weighted by atomic mass is 35.5. The number of nitrogens with one attached hydrogen (secondary N) is 1. The van der Waals surface area contributed by atoms with Crippen LogP contribution in [0.5, 0.6) is 5.75 Å². The molecule has 3 heterocycles. The largest absolute Gasteiger partial charge is 0.490 e. The van der Waals surface area contributed by atoms with Gasteiger partial charge in [-0.1, -0.05) is 36.7 Å². The van der Waals surface area contributed by atoms with E-state index in [1.807, 2.05) is 25.1 Å². The second kappa shape index (κ2) is 14.5. The summed E-state index contributed by atoms with van der Waals surface area (Å²) in [6.07, 6.45) is 10.5. The minimum absolute atomic E-state index is 0.0413. The summed E-state index contributed by atoms with van der Waals surface area (Å²) in [7, 11) is -2.94. The molecular formula is C40H54ClN3O5S. The minimum Gasteiger partial charge on any atom is -0.490 e. The Morgan fingerprint density at radius 3 is 2.74 bits per heavy atom. The lowest BCUT2D eigenvalue weighted by atomic mass is 9.64. The third kappa shape index (κ3) is 7.23. The van der Waals surface area contributed by atoms with Gasteiger partial charge in [-0.2, -0.15) is 0 Å². The summed E-state index contributed by atoms with van der Waals surface area (Å²) >= 11 is 6.49. The topological polar surface area (TPSA) is 80.3 Å². The van der Waals surface area contributed by atoms with E-state index in [1.54, 1.807) is 6.07 Å². The average Bonchev–Trinajstić information content (AvgIpc) is 3.22. The number of fused-ring (bicyclic) bond motifs is 4. The fraction of sp³-hybridized carbons (Fsp3) is 0.600. The van der Waals surface area contributed by atoms with Gasteiger partial charge in [0, 0.05) is 54.0 Å². The monoisotopic (exact) mass is 723 g/mol. The van der Waals surface area contributed by atoms with E-state index in [0.717, 1.165) is 101 Å². The van der Waals surface area contributed by atoms with E-state index in [9.17, 15) is 9.00 Å². The van der Waals surface area contributed by atoms with E-state index in [0.29, 0.717) is 30.6 Å². The summed E-state index contributed by atoms with van der Waals surface area (Å²) in [6.45, 7) is 13.4. The summed E-state index contributed by atoms with van der Waals surface area (Å²) in [5.74, 6) is 5.22. The van der Waals surface area contributed by atoms with Crippen LogP contribution in [0.25, 0.3) is 0 Å². The number of allylic oxidation sites excluding steroid dienone is 1. The van der Waals surface area contributed by atoms with E-state index < -0.39 is 15.3 Å². The first-order chi connectivity index (χ1) is 24.0. The molecule has 1 unspecified atom stereocenters. The van der Waals surface area contributed by atoms with Crippen molar-refractivity contribution in [2.45, 2.75) is 75.6 Å². The maximum Gasteiger partial charge on any atom is 0.262 e. The smallest absolute Gasteiger partial charge is 0.262 e. The number of ether oxygens (including phenoxy) is 3. The first-order valence-electron chi connectivity index (χ1n) is 18.6. The van der Waals surface area contributed by atoms with E-state index in [-0.39, 0.29) is 22.5 Å².